The van der Waals surface area contributed by atoms with E-state index >= 15 is 0 Å². The van der Waals surface area contributed by atoms with Gasteiger partial charge in [0.25, 0.3) is 5.91 Å². The lowest BCUT2D eigenvalue weighted by Crippen LogP contribution is -2.29. The van der Waals surface area contributed by atoms with Crippen molar-refractivity contribution in [2.45, 2.75) is 44.7 Å². The Hall–Kier alpha value is -2.73. The van der Waals surface area contributed by atoms with Gasteiger partial charge in [-0.2, -0.15) is 5.10 Å². The van der Waals surface area contributed by atoms with Gasteiger partial charge in [-0.15, -0.1) is 0 Å². The second kappa shape index (κ2) is 7.59. The lowest BCUT2D eigenvalue weighted by atomic mass is 10.00. The first-order chi connectivity index (χ1) is 14.2. The Labute approximate surface area is 169 Å². The molecule has 1 amide bonds. The number of piperidine rings is 1. The van der Waals surface area contributed by atoms with Gasteiger partial charge in [-0.05, 0) is 85.8 Å². The first kappa shape index (κ1) is 18.3. The van der Waals surface area contributed by atoms with Gasteiger partial charge in [0.2, 0.25) is 0 Å². The minimum Gasteiger partial charge on any atom is -0.348 e. The minimum atomic E-state index is -0.228. The number of likely N-dealkylation sites (tertiary alicyclic amines) is 1. The van der Waals surface area contributed by atoms with Gasteiger partial charge >= 0.3 is 0 Å². The molecular weight excluding hydrogens is 367 g/mol. The molecule has 150 valence electrons. The van der Waals surface area contributed by atoms with Crippen molar-refractivity contribution in [1.29, 1.82) is 0 Å². The first-order valence-corrected chi connectivity index (χ1v) is 10.5. The zero-order chi connectivity index (χ0) is 19.8. The fourth-order valence-electron chi connectivity index (χ4n) is 4.13. The standard InChI is InChI=1S/C23H25FN4O/c24-18-11-15(14-28-8-2-1-3-9-28)10-17(12-18)16-4-7-21-20(13-16)22(27-26-21)23(29)25-19-5-6-19/h4,7,10-13,19H,1-3,5-6,8-9,14H2,(H,25,29)(H,26,27). The zero-order valence-corrected chi connectivity index (χ0v) is 16.4. The number of benzene rings is 2. The summed E-state index contributed by atoms with van der Waals surface area (Å²) >= 11 is 0. The number of aromatic nitrogens is 2. The number of H-pyrrole nitrogens is 1. The van der Waals surface area contributed by atoms with E-state index in [1.807, 2.05) is 18.2 Å². The third kappa shape index (κ3) is 4.03. The number of hydrogen-bond donors (Lipinski definition) is 2. The molecule has 1 aliphatic heterocycles. The van der Waals surface area contributed by atoms with E-state index in [1.165, 1.54) is 19.3 Å². The Bertz CT molecular complexity index is 1050. The van der Waals surface area contributed by atoms with E-state index in [4.69, 9.17) is 0 Å². The van der Waals surface area contributed by atoms with E-state index in [0.29, 0.717) is 5.69 Å². The predicted molar refractivity (Wildman–Crippen MR) is 111 cm³/mol. The normalized spacial score (nSPS) is 17.6. The van der Waals surface area contributed by atoms with E-state index in [0.717, 1.165) is 60.1 Å². The summed E-state index contributed by atoms with van der Waals surface area (Å²) in [5, 5.41) is 10.9. The van der Waals surface area contributed by atoms with Crippen molar-refractivity contribution in [3.05, 3.63) is 53.5 Å². The fourth-order valence-corrected chi connectivity index (χ4v) is 4.13. The number of carbonyl (C=O) groups is 1. The fraction of sp³-hybridized carbons (Fsp3) is 0.391. The van der Waals surface area contributed by atoms with Gasteiger partial charge in [0, 0.05) is 18.0 Å². The molecule has 1 saturated carbocycles. The molecule has 5 nitrogen and oxygen atoms in total. The Morgan fingerprint density at radius 3 is 2.72 bits per heavy atom. The van der Waals surface area contributed by atoms with Crippen LogP contribution in [0.25, 0.3) is 22.0 Å². The monoisotopic (exact) mass is 392 g/mol. The summed E-state index contributed by atoms with van der Waals surface area (Å²) in [4.78, 5) is 14.9. The molecule has 29 heavy (non-hydrogen) atoms. The maximum Gasteiger partial charge on any atom is 0.272 e. The van der Waals surface area contributed by atoms with E-state index in [9.17, 15) is 9.18 Å². The van der Waals surface area contributed by atoms with Gasteiger partial charge in [0.05, 0.1) is 5.52 Å². The van der Waals surface area contributed by atoms with Gasteiger partial charge in [-0.3, -0.25) is 14.8 Å². The van der Waals surface area contributed by atoms with Crippen LogP contribution in [0.5, 0.6) is 0 Å². The predicted octanol–water partition coefficient (Wildman–Crippen LogP) is 4.25. The van der Waals surface area contributed by atoms with Gasteiger partial charge in [-0.25, -0.2) is 4.39 Å². The first-order valence-electron chi connectivity index (χ1n) is 10.5. The minimum absolute atomic E-state index is 0.152. The molecule has 6 heteroatoms. The highest BCUT2D eigenvalue weighted by Crippen LogP contribution is 2.28. The van der Waals surface area contributed by atoms with Crippen LogP contribution in [0.1, 0.15) is 48.2 Å². The third-order valence-electron chi connectivity index (χ3n) is 5.84. The van der Waals surface area contributed by atoms with Crippen LogP contribution in [0.15, 0.2) is 36.4 Å². The quantitative estimate of drug-likeness (QED) is 0.682. The summed E-state index contributed by atoms with van der Waals surface area (Å²) in [6, 6.07) is 11.3. The molecule has 0 radical (unpaired) electrons. The molecule has 0 spiro atoms. The molecule has 3 aromatic rings. The summed E-state index contributed by atoms with van der Waals surface area (Å²) in [6.07, 6.45) is 5.77. The Morgan fingerprint density at radius 1 is 1.10 bits per heavy atom. The molecule has 2 fully saturated rings. The van der Waals surface area contributed by atoms with E-state index in [1.54, 1.807) is 12.1 Å². The van der Waals surface area contributed by atoms with Crippen LogP contribution in [-0.4, -0.2) is 40.1 Å². The van der Waals surface area contributed by atoms with Gasteiger partial charge in [0.1, 0.15) is 5.82 Å². The number of halogens is 1. The summed E-state index contributed by atoms with van der Waals surface area (Å²) in [7, 11) is 0. The molecular formula is C23H25FN4O. The number of aromatic amines is 1. The van der Waals surface area contributed by atoms with Crippen molar-refractivity contribution in [2.75, 3.05) is 13.1 Å². The second-order valence-electron chi connectivity index (χ2n) is 8.27. The Kier molecular flexibility index (Phi) is 4.79. The number of amides is 1. The largest absolute Gasteiger partial charge is 0.348 e. The molecule has 2 aliphatic rings. The topological polar surface area (TPSA) is 61.0 Å². The Balaban J connectivity index is 1.45. The number of carbonyl (C=O) groups excluding carboxylic acids is 1. The molecule has 0 atom stereocenters. The molecule has 0 bridgehead atoms. The van der Waals surface area contributed by atoms with Crippen LogP contribution in [0.4, 0.5) is 4.39 Å². The third-order valence-corrected chi connectivity index (χ3v) is 5.84. The molecule has 2 heterocycles. The molecule has 5 rings (SSSR count). The molecule has 1 saturated heterocycles. The lowest BCUT2D eigenvalue weighted by molar-refractivity contribution is 0.0947. The molecule has 1 aromatic heterocycles. The van der Waals surface area contributed by atoms with Crippen molar-refractivity contribution < 1.29 is 9.18 Å². The van der Waals surface area contributed by atoms with Crippen LogP contribution >= 0.6 is 0 Å². The van der Waals surface area contributed by atoms with Crippen LogP contribution in [-0.2, 0) is 6.54 Å². The molecule has 2 N–H and O–H groups in total. The Morgan fingerprint density at radius 2 is 1.93 bits per heavy atom. The summed E-state index contributed by atoms with van der Waals surface area (Å²) in [5.41, 5.74) is 3.91. The van der Waals surface area contributed by atoms with Gasteiger partial charge < -0.3 is 5.32 Å². The van der Waals surface area contributed by atoms with Crippen molar-refractivity contribution in [3.8, 4) is 11.1 Å². The van der Waals surface area contributed by atoms with E-state index in [2.05, 4.69) is 26.5 Å². The van der Waals surface area contributed by atoms with Crippen LogP contribution in [0, 0.1) is 5.82 Å². The van der Waals surface area contributed by atoms with Crippen molar-refractivity contribution in [3.63, 3.8) is 0 Å². The number of rotatable bonds is 5. The highest BCUT2D eigenvalue weighted by atomic mass is 19.1. The van der Waals surface area contributed by atoms with Gasteiger partial charge in [-0.1, -0.05) is 12.5 Å². The highest BCUT2D eigenvalue weighted by Gasteiger charge is 2.25. The molecule has 1 aliphatic carbocycles. The molecule has 2 aromatic carbocycles. The highest BCUT2D eigenvalue weighted by molar-refractivity contribution is 6.05. The van der Waals surface area contributed by atoms with Crippen LogP contribution in [0.2, 0.25) is 0 Å². The van der Waals surface area contributed by atoms with E-state index < -0.39 is 0 Å². The maximum atomic E-state index is 14.4. The second-order valence-corrected chi connectivity index (χ2v) is 8.27. The van der Waals surface area contributed by atoms with Gasteiger partial charge in [0.15, 0.2) is 5.69 Å². The van der Waals surface area contributed by atoms with Crippen molar-refractivity contribution in [1.82, 2.24) is 20.4 Å². The van der Waals surface area contributed by atoms with Crippen LogP contribution < -0.4 is 5.32 Å². The summed E-state index contributed by atoms with van der Waals surface area (Å²) < 4.78 is 14.4. The maximum absolute atomic E-state index is 14.4. The average Bonchev–Trinajstić information content (AvgIpc) is 3.43. The van der Waals surface area contributed by atoms with Crippen molar-refractivity contribution in [2.24, 2.45) is 0 Å². The number of hydrogen-bond acceptors (Lipinski definition) is 3. The number of nitrogens with one attached hydrogen (secondary N) is 2. The number of nitrogens with zero attached hydrogens (tertiary/aromatic N) is 2. The zero-order valence-electron chi connectivity index (χ0n) is 16.4. The molecule has 0 unspecified atom stereocenters. The van der Waals surface area contributed by atoms with Crippen LogP contribution in [0.3, 0.4) is 0 Å². The van der Waals surface area contributed by atoms with Crippen molar-refractivity contribution >= 4 is 16.8 Å². The summed E-state index contributed by atoms with van der Waals surface area (Å²) in [6.45, 7) is 2.92. The van der Waals surface area contributed by atoms with E-state index in [-0.39, 0.29) is 17.8 Å². The SMILES string of the molecule is O=C(NC1CC1)c1n[nH]c2ccc(-c3cc(F)cc(CN4CCCCC4)c3)cc12. The average molecular weight is 392 g/mol. The summed E-state index contributed by atoms with van der Waals surface area (Å²) in [5.74, 6) is -0.380. The smallest absolute Gasteiger partial charge is 0.272 e. The lowest BCUT2D eigenvalue weighted by Gasteiger charge is -2.26. The number of fused-ring (bicyclic) bond motifs is 1.